The average molecular weight is 275 g/mol. The van der Waals surface area contributed by atoms with Crippen molar-refractivity contribution in [2.45, 2.75) is 20.8 Å². The van der Waals surface area contributed by atoms with Crippen LogP contribution in [0.2, 0.25) is 0 Å². The van der Waals surface area contributed by atoms with Gasteiger partial charge in [-0.25, -0.2) is 19.4 Å². The first-order valence-corrected chi connectivity index (χ1v) is 6.45. The molecule has 0 bridgehead atoms. The first-order valence-electron chi connectivity index (χ1n) is 6.45. The van der Waals surface area contributed by atoms with Crippen LogP contribution in [0.3, 0.4) is 0 Å². The van der Waals surface area contributed by atoms with Crippen molar-refractivity contribution >= 4 is 11.8 Å². The van der Waals surface area contributed by atoms with Crippen LogP contribution in [0.4, 0.5) is 5.82 Å². The van der Waals surface area contributed by atoms with Gasteiger partial charge in [-0.15, -0.1) is 0 Å². The summed E-state index contributed by atoms with van der Waals surface area (Å²) in [5.41, 5.74) is 0.396. The zero-order valence-electron chi connectivity index (χ0n) is 11.8. The van der Waals surface area contributed by atoms with Gasteiger partial charge in [-0.2, -0.15) is 5.10 Å². The second kappa shape index (κ2) is 6.14. The van der Waals surface area contributed by atoms with E-state index in [0.717, 1.165) is 12.4 Å². The Hall–Kier alpha value is -2.44. The second-order valence-corrected chi connectivity index (χ2v) is 4.08. The van der Waals surface area contributed by atoms with Crippen molar-refractivity contribution in [3.63, 3.8) is 0 Å². The minimum atomic E-state index is -0.392. The number of hydrogen-bond donors (Lipinski definition) is 1. The van der Waals surface area contributed by atoms with Crippen molar-refractivity contribution in [3.05, 3.63) is 29.8 Å². The van der Waals surface area contributed by atoms with Crippen molar-refractivity contribution in [2.24, 2.45) is 0 Å². The number of esters is 1. The van der Waals surface area contributed by atoms with E-state index in [2.05, 4.69) is 20.4 Å². The summed E-state index contributed by atoms with van der Waals surface area (Å²) >= 11 is 0. The lowest BCUT2D eigenvalue weighted by Gasteiger charge is -2.06. The summed E-state index contributed by atoms with van der Waals surface area (Å²) in [6.45, 7) is 6.66. The highest BCUT2D eigenvalue weighted by molar-refractivity contribution is 5.88. The van der Waals surface area contributed by atoms with Gasteiger partial charge in [0.25, 0.3) is 0 Å². The van der Waals surface area contributed by atoms with E-state index in [1.165, 1.54) is 10.9 Å². The monoisotopic (exact) mass is 275 g/mol. The van der Waals surface area contributed by atoms with Crippen LogP contribution < -0.4 is 5.32 Å². The van der Waals surface area contributed by atoms with Gasteiger partial charge in [-0.1, -0.05) is 0 Å². The van der Waals surface area contributed by atoms with Crippen LogP contribution in [0.5, 0.6) is 0 Å². The second-order valence-electron chi connectivity index (χ2n) is 4.08. The third kappa shape index (κ3) is 3.11. The largest absolute Gasteiger partial charge is 0.462 e. The molecule has 0 aliphatic carbocycles. The lowest BCUT2D eigenvalue weighted by Crippen LogP contribution is -2.06. The highest BCUT2D eigenvalue weighted by Gasteiger charge is 2.11. The molecule has 0 saturated carbocycles. The number of nitrogens with zero attached hydrogens (tertiary/aromatic N) is 4. The van der Waals surface area contributed by atoms with Crippen molar-refractivity contribution in [3.8, 4) is 5.82 Å². The van der Waals surface area contributed by atoms with E-state index in [9.17, 15) is 4.79 Å². The SMILES string of the molecule is CCNc1cc(-n2cc(C(=O)OCC)cn2)nc(C)n1. The molecule has 7 nitrogen and oxygen atoms in total. The Kier molecular flexibility index (Phi) is 4.29. The van der Waals surface area contributed by atoms with Gasteiger partial charge >= 0.3 is 5.97 Å². The Bertz CT molecular complexity index is 609. The zero-order chi connectivity index (χ0) is 14.5. The third-order valence-electron chi connectivity index (χ3n) is 2.51. The van der Waals surface area contributed by atoms with Gasteiger partial charge in [-0.3, -0.25) is 0 Å². The molecule has 7 heteroatoms. The molecule has 0 saturated heterocycles. The van der Waals surface area contributed by atoms with Gasteiger partial charge in [0.1, 0.15) is 11.6 Å². The molecule has 2 aromatic heterocycles. The molecular formula is C13H17N5O2. The van der Waals surface area contributed by atoms with E-state index < -0.39 is 5.97 Å². The minimum absolute atomic E-state index is 0.335. The number of aryl methyl sites for hydroxylation is 1. The average Bonchev–Trinajstić information content (AvgIpc) is 2.88. The Morgan fingerprint density at radius 3 is 2.90 bits per heavy atom. The van der Waals surface area contributed by atoms with E-state index in [4.69, 9.17) is 4.74 Å². The smallest absolute Gasteiger partial charge is 0.341 e. The minimum Gasteiger partial charge on any atom is -0.462 e. The summed E-state index contributed by atoms with van der Waals surface area (Å²) in [5.74, 6) is 1.57. The van der Waals surface area contributed by atoms with Crippen LogP contribution in [0.25, 0.3) is 5.82 Å². The third-order valence-corrected chi connectivity index (χ3v) is 2.51. The standard InChI is InChI=1S/C13H17N5O2/c1-4-14-11-6-12(17-9(3)16-11)18-8-10(7-15-18)13(19)20-5-2/h6-8H,4-5H2,1-3H3,(H,14,16,17). The zero-order valence-corrected chi connectivity index (χ0v) is 11.8. The first kappa shape index (κ1) is 14.0. The predicted octanol–water partition coefficient (Wildman–Crippen LogP) is 1.58. The van der Waals surface area contributed by atoms with Gasteiger partial charge in [-0.05, 0) is 20.8 Å². The Labute approximate surface area is 117 Å². The summed E-state index contributed by atoms with van der Waals surface area (Å²) in [7, 11) is 0. The van der Waals surface area contributed by atoms with Gasteiger partial charge in [0.05, 0.1) is 18.4 Å². The van der Waals surface area contributed by atoms with Gasteiger partial charge in [0.15, 0.2) is 5.82 Å². The van der Waals surface area contributed by atoms with Crippen LogP contribution in [-0.2, 0) is 4.74 Å². The number of rotatable bonds is 5. The molecule has 2 rings (SSSR count). The van der Waals surface area contributed by atoms with E-state index in [1.807, 2.05) is 6.92 Å². The highest BCUT2D eigenvalue weighted by atomic mass is 16.5. The summed E-state index contributed by atoms with van der Waals surface area (Å²) in [6.07, 6.45) is 3.05. The van der Waals surface area contributed by atoms with E-state index in [-0.39, 0.29) is 0 Å². The predicted molar refractivity (Wildman–Crippen MR) is 74.0 cm³/mol. The maximum atomic E-state index is 11.6. The van der Waals surface area contributed by atoms with Crippen LogP contribution >= 0.6 is 0 Å². The number of anilines is 1. The van der Waals surface area contributed by atoms with Crippen LogP contribution in [-0.4, -0.2) is 38.9 Å². The van der Waals surface area contributed by atoms with Crippen LogP contribution in [0.1, 0.15) is 30.0 Å². The Morgan fingerprint density at radius 1 is 1.40 bits per heavy atom. The van der Waals surface area contributed by atoms with Crippen molar-refractivity contribution in [1.82, 2.24) is 19.7 Å². The fourth-order valence-electron chi connectivity index (χ4n) is 1.71. The first-order chi connectivity index (χ1) is 9.63. The molecule has 2 heterocycles. The molecule has 20 heavy (non-hydrogen) atoms. The summed E-state index contributed by atoms with van der Waals surface area (Å²) in [5, 5.41) is 7.25. The Balaban J connectivity index is 2.29. The van der Waals surface area contributed by atoms with Gasteiger partial charge in [0, 0.05) is 18.8 Å². The normalized spacial score (nSPS) is 10.3. The molecule has 0 spiro atoms. The van der Waals surface area contributed by atoms with Crippen molar-refractivity contribution in [2.75, 3.05) is 18.5 Å². The summed E-state index contributed by atoms with van der Waals surface area (Å²) in [6, 6.07) is 1.78. The molecule has 0 aliphatic heterocycles. The molecule has 0 unspecified atom stereocenters. The number of carbonyl (C=O) groups excluding carboxylic acids is 1. The van der Waals surface area contributed by atoms with E-state index in [1.54, 1.807) is 26.1 Å². The van der Waals surface area contributed by atoms with Crippen molar-refractivity contribution < 1.29 is 9.53 Å². The molecule has 0 fully saturated rings. The number of hydrogen-bond acceptors (Lipinski definition) is 6. The molecule has 0 aromatic carbocycles. The maximum absolute atomic E-state index is 11.6. The molecule has 0 amide bonds. The summed E-state index contributed by atoms with van der Waals surface area (Å²) < 4.78 is 6.46. The van der Waals surface area contributed by atoms with E-state index in [0.29, 0.717) is 23.8 Å². The number of aromatic nitrogens is 4. The van der Waals surface area contributed by atoms with Crippen LogP contribution in [0, 0.1) is 6.92 Å². The number of nitrogens with one attached hydrogen (secondary N) is 1. The maximum Gasteiger partial charge on any atom is 0.341 e. The molecule has 0 aliphatic rings. The highest BCUT2D eigenvalue weighted by Crippen LogP contribution is 2.11. The molecule has 106 valence electrons. The van der Waals surface area contributed by atoms with Gasteiger partial charge in [0.2, 0.25) is 0 Å². The van der Waals surface area contributed by atoms with E-state index >= 15 is 0 Å². The lowest BCUT2D eigenvalue weighted by molar-refractivity contribution is 0.0526. The lowest BCUT2D eigenvalue weighted by atomic mass is 10.4. The summed E-state index contributed by atoms with van der Waals surface area (Å²) in [4.78, 5) is 20.2. The molecule has 0 radical (unpaired) electrons. The van der Waals surface area contributed by atoms with Gasteiger partial charge < -0.3 is 10.1 Å². The Morgan fingerprint density at radius 2 is 2.20 bits per heavy atom. The van der Waals surface area contributed by atoms with Crippen LogP contribution in [0.15, 0.2) is 18.5 Å². The molecule has 1 N–H and O–H groups in total. The fourth-order valence-corrected chi connectivity index (χ4v) is 1.71. The molecule has 0 atom stereocenters. The number of ether oxygens (including phenoxy) is 1. The van der Waals surface area contributed by atoms with Crippen molar-refractivity contribution in [1.29, 1.82) is 0 Å². The number of carbonyl (C=O) groups is 1. The fraction of sp³-hybridized carbons (Fsp3) is 0.385. The molecule has 2 aromatic rings. The topological polar surface area (TPSA) is 81.9 Å². The quantitative estimate of drug-likeness (QED) is 0.834. The molecular weight excluding hydrogens is 258 g/mol.